The van der Waals surface area contributed by atoms with Crippen LogP contribution in [0, 0.1) is 11.8 Å². The Balaban J connectivity index is 1.73. The second-order valence-corrected chi connectivity index (χ2v) is 7.98. The smallest absolute Gasteiger partial charge is 0.236 e. The van der Waals surface area contributed by atoms with Gasteiger partial charge in [0.25, 0.3) is 0 Å². The Hall–Kier alpha value is -1.75. The quantitative estimate of drug-likeness (QED) is 0.808. The molecule has 1 amide bonds. The summed E-state index contributed by atoms with van der Waals surface area (Å²) in [5.41, 5.74) is 1.12. The molecule has 0 N–H and O–H groups in total. The lowest BCUT2D eigenvalue weighted by Crippen LogP contribution is -2.46. The fourth-order valence-corrected chi connectivity index (χ4v) is 4.61. The van der Waals surface area contributed by atoms with Crippen LogP contribution in [0.15, 0.2) is 18.2 Å². The van der Waals surface area contributed by atoms with Crippen LogP contribution in [0.4, 0.5) is 0 Å². The number of piperidine rings is 1. The van der Waals surface area contributed by atoms with Gasteiger partial charge in [0.15, 0.2) is 0 Å². The third kappa shape index (κ3) is 4.14. The Kier molecular flexibility index (Phi) is 6.07. The van der Waals surface area contributed by atoms with Gasteiger partial charge in [-0.1, -0.05) is 13.8 Å². The van der Waals surface area contributed by atoms with Gasteiger partial charge in [0, 0.05) is 24.7 Å². The predicted molar refractivity (Wildman–Crippen MR) is 103 cm³/mol. The van der Waals surface area contributed by atoms with Gasteiger partial charge >= 0.3 is 0 Å². The number of likely N-dealkylation sites (tertiary alicyclic amines) is 2. The van der Waals surface area contributed by atoms with E-state index >= 15 is 0 Å². The summed E-state index contributed by atoms with van der Waals surface area (Å²) in [7, 11) is 3.38. The maximum absolute atomic E-state index is 12.9. The number of amides is 1. The first-order valence-electron chi connectivity index (χ1n) is 9.75. The van der Waals surface area contributed by atoms with Gasteiger partial charge in [0.1, 0.15) is 11.5 Å². The number of rotatable bonds is 5. The van der Waals surface area contributed by atoms with E-state index in [0.29, 0.717) is 18.4 Å². The van der Waals surface area contributed by atoms with Crippen molar-refractivity contribution in [3.8, 4) is 11.5 Å². The first kappa shape index (κ1) is 19.0. The highest BCUT2D eigenvalue weighted by atomic mass is 16.5. The molecule has 5 heteroatoms. The molecular weight excluding hydrogens is 328 g/mol. The standard InChI is InChI=1S/C21H32N2O3/c1-15-10-16(2)13-23(12-15)21(24)14-22-9-5-6-19(22)18-11-17(25-3)7-8-20(18)26-4/h7-8,11,15-16,19H,5-6,9-10,12-14H2,1-4H3. The SMILES string of the molecule is COc1ccc(OC)c(C2CCCN2CC(=O)N2CC(C)CC(C)C2)c1. The molecule has 2 heterocycles. The first-order chi connectivity index (χ1) is 12.5. The van der Waals surface area contributed by atoms with Crippen LogP contribution in [0.3, 0.4) is 0 Å². The van der Waals surface area contributed by atoms with Crippen molar-refractivity contribution in [2.24, 2.45) is 11.8 Å². The molecule has 5 nitrogen and oxygen atoms in total. The summed E-state index contributed by atoms with van der Waals surface area (Å²) in [6, 6.07) is 6.14. The van der Waals surface area contributed by atoms with Crippen LogP contribution in [0.2, 0.25) is 0 Å². The molecule has 3 rings (SSSR count). The largest absolute Gasteiger partial charge is 0.497 e. The number of carbonyl (C=O) groups excluding carboxylic acids is 1. The Morgan fingerprint density at radius 1 is 1.15 bits per heavy atom. The van der Waals surface area contributed by atoms with E-state index in [1.54, 1.807) is 14.2 Å². The molecule has 0 spiro atoms. The van der Waals surface area contributed by atoms with Crippen LogP contribution in [-0.4, -0.2) is 56.1 Å². The molecule has 144 valence electrons. The molecule has 0 aromatic heterocycles. The zero-order valence-electron chi connectivity index (χ0n) is 16.5. The minimum atomic E-state index is 0.212. The number of hydrogen-bond donors (Lipinski definition) is 0. The van der Waals surface area contributed by atoms with Crippen LogP contribution in [0.25, 0.3) is 0 Å². The van der Waals surface area contributed by atoms with E-state index in [1.807, 2.05) is 12.1 Å². The summed E-state index contributed by atoms with van der Waals surface area (Å²) in [6.07, 6.45) is 3.37. The topological polar surface area (TPSA) is 42.0 Å². The molecule has 0 aliphatic carbocycles. The number of methoxy groups -OCH3 is 2. The molecule has 1 aromatic carbocycles. The maximum Gasteiger partial charge on any atom is 0.236 e. The lowest BCUT2D eigenvalue weighted by atomic mass is 9.92. The highest BCUT2D eigenvalue weighted by molar-refractivity contribution is 5.78. The number of benzene rings is 1. The molecule has 2 aliphatic rings. The number of ether oxygens (including phenoxy) is 2. The second kappa shape index (κ2) is 8.30. The average Bonchev–Trinajstić information content (AvgIpc) is 3.08. The number of nitrogens with zero attached hydrogens (tertiary/aromatic N) is 2. The minimum absolute atomic E-state index is 0.212. The molecule has 2 fully saturated rings. The van der Waals surface area contributed by atoms with E-state index in [1.165, 1.54) is 6.42 Å². The van der Waals surface area contributed by atoms with Gasteiger partial charge in [-0.15, -0.1) is 0 Å². The molecule has 3 unspecified atom stereocenters. The molecule has 2 saturated heterocycles. The molecule has 1 aromatic rings. The van der Waals surface area contributed by atoms with Crippen molar-refractivity contribution in [2.45, 2.75) is 39.2 Å². The van der Waals surface area contributed by atoms with E-state index < -0.39 is 0 Å². The average molecular weight is 360 g/mol. The Labute approximate surface area is 157 Å². The van der Waals surface area contributed by atoms with Crippen molar-refractivity contribution >= 4 is 5.91 Å². The molecular formula is C21H32N2O3. The number of carbonyl (C=O) groups is 1. The van der Waals surface area contributed by atoms with Gasteiger partial charge in [-0.05, 0) is 55.8 Å². The molecule has 26 heavy (non-hydrogen) atoms. The van der Waals surface area contributed by atoms with E-state index in [0.717, 1.165) is 49.5 Å². The van der Waals surface area contributed by atoms with Crippen molar-refractivity contribution in [2.75, 3.05) is 40.4 Å². The van der Waals surface area contributed by atoms with Gasteiger partial charge in [-0.2, -0.15) is 0 Å². The van der Waals surface area contributed by atoms with Crippen molar-refractivity contribution in [1.82, 2.24) is 9.80 Å². The Morgan fingerprint density at radius 3 is 2.54 bits per heavy atom. The highest BCUT2D eigenvalue weighted by Gasteiger charge is 2.32. The van der Waals surface area contributed by atoms with Gasteiger partial charge in [0.05, 0.1) is 20.8 Å². The zero-order chi connectivity index (χ0) is 18.7. The van der Waals surface area contributed by atoms with Gasteiger partial charge < -0.3 is 14.4 Å². The molecule has 0 saturated carbocycles. The van der Waals surface area contributed by atoms with E-state index in [2.05, 4.69) is 29.7 Å². The third-order valence-corrected chi connectivity index (χ3v) is 5.72. The van der Waals surface area contributed by atoms with Crippen LogP contribution in [-0.2, 0) is 4.79 Å². The van der Waals surface area contributed by atoms with Gasteiger partial charge in [0.2, 0.25) is 5.91 Å². The van der Waals surface area contributed by atoms with Gasteiger partial charge in [-0.25, -0.2) is 0 Å². The summed E-state index contributed by atoms with van der Waals surface area (Å²) >= 11 is 0. The minimum Gasteiger partial charge on any atom is -0.497 e. The third-order valence-electron chi connectivity index (χ3n) is 5.72. The summed E-state index contributed by atoms with van der Waals surface area (Å²) in [5.74, 6) is 3.15. The van der Waals surface area contributed by atoms with Crippen molar-refractivity contribution < 1.29 is 14.3 Å². The fourth-order valence-electron chi connectivity index (χ4n) is 4.61. The second-order valence-electron chi connectivity index (χ2n) is 7.98. The molecule has 0 radical (unpaired) electrons. The van der Waals surface area contributed by atoms with Crippen molar-refractivity contribution in [3.05, 3.63) is 23.8 Å². The van der Waals surface area contributed by atoms with Crippen molar-refractivity contribution in [1.29, 1.82) is 0 Å². The van der Waals surface area contributed by atoms with Crippen molar-refractivity contribution in [3.63, 3.8) is 0 Å². The van der Waals surface area contributed by atoms with Crippen LogP contribution in [0.5, 0.6) is 11.5 Å². The van der Waals surface area contributed by atoms with Gasteiger partial charge in [-0.3, -0.25) is 9.69 Å². The summed E-state index contributed by atoms with van der Waals surface area (Å²) in [6.45, 7) is 7.72. The molecule has 3 atom stereocenters. The lowest BCUT2D eigenvalue weighted by Gasteiger charge is -2.36. The van der Waals surface area contributed by atoms with E-state index in [4.69, 9.17) is 9.47 Å². The molecule has 0 bridgehead atoms. The van der Waals surface area contributed by atoms with E-state index in [-0.39, 0.29) is 11.9 Å². The zero-order valence-corrected chi connectivity index (χ0v) is 16.5. The summed E-state index contributed by atoms with van der Waals surface area (Å²) in [5, 5.41) is 0. The summed E-state index contributed by atoms with van der Waals surface area (Å²) in [4.78, 5) is 17.3. The first-order valence-corrected chi connectivity index (χ1v) is 9.75. The number of hydrogen-bond acceptors (Lipinski definition) is 4. The predicted octanol–water partition coefficient (Wildman–Crippen LogP) is 3.35. The Morgan fingerprint density at radius 2 is 1.88 bits per heavy atom. The van der Waals surface area contributed by atoms with E-state index in [9.17, 15) is 4.79 Å². The van der Waals surface area contributed by atoms with Crippen LogP contribution in [0.1, 0.15) is 44.7 Å². The van der Waals surface area contributed by atoms with Crippen LogP contribution < -0.4 is 9.47 Å². The Bertz CT molecular complexity index is 624. The maximum atomic E-state index is 12.9. The summed E-state index contributed by atoms with van der Waals surface area (Å²) < 4.78 is 11.0. The molecule has 2 aliphatic heterocycles. The monoisotopic (exact) mass is 360 g/mol. The fraction of sp³-hybridized carbons (Fsp3) is 0.667. The normalized spacial score (nSPS) is 26.8. The van der Waals surface area contributed by atoms with Crippen LogP contribution >= 0.6 is 0 Å². The lowest BCUT2D eigenvalue weighted by molar-refractivity contribution is -0.135. The highest BCUT2D eigenvalue weighted by Crippen LogP contribution is 2.38.